The van der Waals surface area contributed by atoms with Gasteiger partial charge in [0.15, 0.2) is 0 Å². The Morgan fingerprint density at radius 1 is 0.564 bits per heavy atom. The Labute approximate surface area is 315 Å². The van der Waals surface area contributed by atoms with Gasteiger partial charge < -0.3 is 21.9 Å². The molecular formula is C29H22ClN9O12S4. The molecule has 0 amide bonds. The number of aromatic nitrogens is 3. The molecular weight excluding hydrogens is 830 g/mol. The van der Waals surface area contributed by atoms with E-state index >= 15 is 0 Å². The number of nitrogen functional groups attached to an aromatic ring is 1. The number of benzene rings is 5. The minimum Gasteiger partial charge on any atom is -0.368 e. The highest BCUT2D eigenvalue weighted by molar-refractivity contribution is 7.87. The number of azo groups is 1. The second-order valence-corrected chi connectivity index (χ2v) is 17.0. The maximum atomic E-state index is 12.5. The Hall–Kier alpha value is -5.64. The molecule has 1 heterocycles. The summed E-state index contributed by atoms with van der Waals surface area (Å²) >= 11 is 5.88. The fourth-order valence-electron chi connectivity index (χ4n) is 5.30. The molecule has 0 fully saturated rings. The lowest BCUT2D eigenvalue weighted by Crippen LogP contribution is -2.12. The number of nitrogens with zero attached hydrogens (tertiary/aromatic N) is 5. The van der Waals surface area contributed by atoms with Crippen LogP contribution >= 0.6 is 11.6 Å². The van der Waals surface area contributed by atoms with Gasteiger partial charge in [0.1, 0.15) is 20.4 Å². The van der Waals surface area contributed by atoms with Crippen molar-refractivity contribution in [2.24, 2.45) is 10.2 Å². The molecule has 0 bridgehead atoms. The lowest BCUT2D eigenvalue weighted by atomic mass is 10.1. The van der Waals surface area contributed by atoms with Crippen LogP contribution in [0.5, 0.6) is 0 Å². The van der Waals surface area contributed by atoms with E-state index in [1.807, 2.05) is 0 Å². The van der Waals surface area contributed by atoms with Crippen molar-refractivity contribution < 1.29 is 51.9 Å². The molecule has 9 N–H and O–H groups in total. The lowest BCUT2D eigenvalue weighted by molar-refractivity contribution is 0.478. The monoisotopic (exact) mass is 851 g/mol. The Balaban J connectivity index is 1.46. The van der Waals surface area contributed by atoms with E-state index in [1.54, 1.807) is 0 Å². The Morgan fingerprint density at radius 3 is 1.71 bits per heavy atom. The average Bonchev–Trinajstić information content (AvgIpc) is 3.08. The number of rotatable bonds is 11. The fourth-order valence-corrected chi connectivity index (χ4v) is 8.03. The summed E-state index contributed by atoms with van der Waals surface area (Å²) in [6.45, 7) is 0. The number of nitrogens with one attached hydrogen (secondary N) is 3. The van der Waals surface area contributed by atoms with Crippen LogP contribution < -0.4 is 21.9 Å². The van der Waals surface area contributed by atoms with Gasteiger partial charge in [-0.3, -0.25) is 18.2 Å². The van der Waals surface area contributed by atoms with Crippen LogP contribution in [-0.4, -0.2) is 66.8 Å². The zero-order valence-corrected chi connectivity index (χ0v) is 30.9. The Bertz CT molecular complexity index is 3040. The predicted molar refractivity (Wildman–Crippen MR) is 198 cm³/mol. The zero-order chi connectivity index (χ0) is 40.1. The SMILES string of the molecule is Nc1nc(Cl)nc(Nc2ccc(NNc3ccc(N=Nc4cc(S(=O)(=O)O)ccc4S(=O)(=O)O)c4cccc(S(=O)(=O)O)c34)c3cccc(S(=O)(=O)O)c23)n1. The molecule has 0 radical (unpaired) electrons. The van der Waals surface area contributed by atoms with Crippen molar-refractivity contribution in [1.82, 2.24) is 15.0 Å². The summed E-state index contributed by atoms with van der Waals surface area (Å²) in [6, 6.07) is 15.0. The molecule has 0 spiro atoms. The second-order valence-electron chi connectivity index (χ2n) is 11.0. The number of nitrogens with two attached hydrogens (primary N) is 1. The molecule has 6 aromatic rings. The molecule has 0 atom stereocenters. The van der Waals surface area contributed by atoms with Crippen molar-refractivity contribution in [2.45, 2.75) is 19.6 Å². The van der Waals surface area contributed by atoms with E-state index in [4.69, 9.17) is 17.3 Å². The molecule has 5 aromatic carbocycles. The molecule has 0 aliphatic heterocycles. The van der Waals surface area contributed by atoms with Crippen molar-refractivity contribution in [3.63, 3.8) is 0 Å². The normalized spacial score (nSPS) is 12.7. The zero-order valence-electron chi connectivity index (χ0n) is 26.9. The molecule has 55 heavy (non-hydrogen) atoms. The van der Waals surface area contributed by atoms with Crippen molar-refractivity contribution in [3.8, 4) is 0 Å². The first kappa shape index (κ1) is 39.1. The quantitative estimate of drug-likeness (QED) is 0.0483. The van der Waals surface area contributed by atoms with Gasteiger partial charge in [0.2, 0.25) is 17.2 Å². The number of hydrogen-bond acceptors (Lipinski definition) is 17. The van der Waals surface area contributed by atoms with E-state index in [2.05, 4.69) is 41.3 Å². The van der Waals surface area contributed by atoms with E-state index in [1.165, 1.54) is 48.5 Å². The topological polar surface area (TPSA) is 343 Å². The van der Waals surface area contributed by atoms with Crippen LogP contribution in [-0.2, 0) is 40.5 Å². The number of halogens is 1. The second kappa shape index (κ2) is 14.2. The first-order valence-electron chi connectivity index (χ1n) is 14.6. The maximum Gasteiger partial charge on any atom is 0.296 e. The largest absolute Gasteiger partial charge is 0.368 e. The minimum absolute atomic E-state index is 0.0154. The van der Waals surface area contributed by atoms with E-state index in [0.29, 0.717) is 18.2 Å². The summed E-state index contributed by atoms with van der Waals surface area (Å²) in [7, 11) is -19.6. The maximum absolute atomic E-state index is 12.5. The average molecular weight is 852 g/mol. The van der Waals surface area contributed by atoms with Crippen LogP contribution in [0.25, 0.3) is 21.5 Å². The van der Waals surface area contributed by atoms with Gasteiger partial charge in [-0.15, -0.1) is 10.2 Å². The van der Waals surface area contributed by atoms with Crippen LogP contribution in [0.2, 0.25) is 5.28 Å². The molecule has 6 rings (SSSR count). The Morgan fingerprint density at radius 2 is 1.11 bits per heavy atom. The first-order valence-corrected chi connectivity index (χ1v) is 20.8. The molecule has 0 aliphatic carbocycles. The van der Waals surface area contributed by atoms with Gasteiger partial charge in [-0.25, -0.2) is 0 Å². The minimum atomic E-state index is -4.99. The van der Waals surface area contributed by atoms with Gasteiger partial charge in [-0.05, 0) is 66.2 Å². The molecule has 0 aliphatic rings. The molecule has 0 saturated heterocycles. The van der Waals surface area contributed by atoms with Crippen LogP contribution in [0, 0.1) is 0 Å². The highest BCUT2D eigenvalue weighted by Crippen LogP contribution is 2.40. The molecule has 0 saturated carbocycles. The standard InChI is InChI=1S/C29H22ClN9O12S4/c30-27-33-28(31)35-29(34-27)32-19-10-8-17(15-3-1-5-23(25(15)19)54(46,47)48)36-38-20-11-9-18(16-4-2-6-24(26(16)20)55(49,50)51)37-39-21-13-14(52(40,41)42)7-12-22(21)53(43,44)45/h1-13,36,38H,(H,40,41,42)(H,43,44,45)(H,46,47,48)(H,49,50,51)(H3,31,32,33,34,35). The molecule has 21 nitrogen and oxygen atoms in total. The highest BCUT2D eigenvalue weighted by Gasteiger charge is 2.23. The van der Waals surface area contributed by atoms with Crippen LogP contribution in [0.1, 0.15) is 0 Å². The van der Waals surface area contributed by atoms with Crippen molar-refractivity contribution >= 4 is 114 Å². The van der Waals surface area contributed by atoms with Crippen LogP contribution in [0.3, 0.4) is 0 Å². The van der Waals surface area contributed by atoms with Gasteiger partial charge >= 0.3 is 0 Å². The third-order valence-corrected chi connectivity index (χ3v) is 11.2. The Kier molecular flexibility index (Phi) is 10.1. The van der Waals surface area contributed by atoms with Crippen molar-refractivity contribution in [3.05, 3.63) is 84.1 Å². The number of anilines is 5. The van der Waals surface area contributed by atoms with Crippen molar-refractivity contribution in [2.75, 3.05) is 21.9 Å². The van der Waals surface area contributed by atoms with E-state index in [-0.39, 0.29) is 61.5 Å². The summed E-state index contributed by atoms with van der Waals surface area (Å²) < 4.78 is 137. The van der Waals surface area contributed by atoms with Crippen LogP contribution in [0.4, 0.5) is 40.3 Å². The van der Waals surface area contributed by atoms with Gasteiger partial charge in [0.05, 0.1) is 27.6 Å². The molecule has 0 unspecified atom stereocenters. The third kappa shape index (κ3) is 8.38. The summed E-state index contributed by atoms with van der Waals surface area (Å²) in [4.78, 5) is 8.66. The fraction of sp³-hybridized carbons (Fsp3) is 0. The van der Waals surface area contributed by atoms with E-state index in [0.717, 1.165) is 12.1 Å². The number of hydrazine groups is 1. The van der Waals surface area contributed by atoms with Crippen molar-refractivity contribution in [1.29, 1.82) is 0 Å². The third-order valence-electron chi connectivity index (χ3n) is 7.51. The summed E-state index contributed by atoms with van der Waals surface area (Å²) in [5, 5.41) is 10.1. The number of fused-ring (bicyclic) bond motifs is 2. The first-order chi connectivity index (χ1) is 25.6. The van der Waals surface area contributed by atoms with Gasteiger partial charge in [-0.1, -0.05) is 24.3 Å². The smallest absolute Gasteiger partial charge is 0.296 e. The van der Waals surface area contributed by atoms with Crippen LogP contribution in [0.15, 0.2) is 109 Å². The summed E-state index contributed by atoms with van der Waals surface area (Å²) in [5.74, 6) is -0.410. The lowest BCUT2D eigenvalue weighted by Gasteiger charge is -2.18. The van der Waals surface area contributed by atoms with Gasteiger partial charge in [-0.2, -0.15) is 48.6 Å². The predicted octanol–water partition coefficient (Wildman–Crippen LogP) is 5.00. The highest BCUT2D eigenvalue weighted by atomic mass is 35.5. The van der Waals surface area contributed by atoms with E-state index in [9.17, 15) is 51.9 Å². The van der Waals surface area contributed by atoms with Gasteiger partial charge in [0, 0.05) is 21.5 Å². The number of hydrogen-bond donors (Lipinski definition) is 8. The molecule has 1 aromatic heterocycles. The summed E-state index contributed by atoms with van der Waals surface area (Å²) in [5.41, 5.74) is 10.6. The molecule has 26 heteroatoms. The van der Waals surface area contributed by atoms with E-state index < -0.39 is 65.7 Å². The molecule has 286 valence electrons. The summed E-state index contributed by atoms with van der Waals surface area (Å²) in [6.07, 6.45) is 0. The van der Waals surface area contributed by atoms with Gasteiger partial charge in [0.25, 0.3) is 40.5 Å².